The van der Waals surface area contributed by atoms with E-state index >= 15 is 0 Å². The number of anilines is 1. The number of morpholine rings is 1. The predicted molar refractivity (Wildman–Crippen MR) is 118 cm³/mol. The van der Waals surface area contributed by atoms with Gasteiger partial charge < -0.3 is 14.2 Å². The summed E-state index contributed by atoms with van der Waals surface area (Å²) < 4.78 is 16.9. The zero-order chi connectivity index (χ0) is 19.2. The van der Waals surface area contributed by atoms with Crippen molar-refractivity contribution < 1.29 is 19.0 Å². The Kier molecular flexibility index (Phi) is 9.32. The average Bonchev–Trinajstić information content (AvgIpc) is 2.76. The molecular formula is C20H24Cl2N4O4. The van der Waals surface area contributed by atoms with Crippen LogP contribution in [0.1, 0.15) is 5.69 Å². The number of hydrazone groups is 1. The number of carbonyl (C=O) groups excluding carboxylic acids is 1. The summed E-state index contributed by atoms with van der Waals surface area (Å²) in [5.41, 5.74) is 1.16. The van der Waals surface area contributed by atoms with Gasteiger partial charge in [0.05, 0.1) is 18.9 Å². The smallest absolute Gasteiger partial charge is 0.285 e. The Morgan fingerprint density at radius 3 is 2.57 bits per heavy atom. The van der Waals surface area contributed by atoms with Crippen molar-refractivity contribution in [1.29, 1.82) is 0 Å². The third kappa shape index (κ3) is 5.82. The number of hydrogen-bond donors (Lipinski definition) is 0. The maximum atomic E-state index is 12.2. The fraction of sp³-hybridized carbons (Fsp3) is 0.350. The van der Waals surface area contributed by atoms with Crippen molar-refractivity contribution in [3.8, 4) is 5.75 Å². The van der Waals surface area contributed by atoms with Crippen LogP contribution in [0.15, 0.2) is 53.8 Å². The van der Waals surface area contributed by atoms with Gasteiger partial charge in [-0.1, -0.05) is 18.2 Å². The maximum absolute atomic E-state index is 12.2. The van der Waals surface area contributed by atoms with E-state index in [-0.39, 0.29) is 43.2 Å². The Bertz CT molecular complexity index is 848. The third-order valence-corrected chi connectivity index (χ3v) is 4.50. The van der Waals surface area contributed by atoms with E-state index in [1.54, 1.807) is 12.3 Å². The van der Waals surface area contributed by atoms with Crippen LogP contribution in [-0.4, -0.2) is 67.8 Å². The fourth-order valence-electron chi connectivity index (χ4n) is 3.03. The Morgan fingerprint density at radius 1 is 1.03 bits per heavy atom. The molecule has 1 aromatic heterocycles. The molecule has 4 rings (SSSR count). The first-order valence-corrected chi connectivity index (χ1v) is 9.29. The molecule has 0 N–H and O–H groups in total. The fourth-order valence-corrected chi connectivity index (χ4v) is 3.03. The first-order valence-electron chi connectivity index (χ1n) is 9.29. The minimum absolute atomic E-state index is 0. The van der Waals surface area contributed by atoms with Crippen molar-refractivity contribution >= 4 is 42.3 Å². The number of aromatic nitrogens is 1. The summed E-state index contributed by atoms with van der Waals surface area (Å²) in [6.45, 7) is 4.56. The lowest BCUT2D eigenvalue weighted by Crippen LogP contribution is -2.39. The summed E-state index contributed by atoms with van der Waals surface area (Å²) in [6, 6.07) is 12.9. The van der Waals surface area contributed by atoms with Crippen LogP contribution in [0.4, 0.5) is 5.69 Å². The number of amides is 1. The third-order valence-electron chi connectivity index (χ3n) is 4.50. The predicted octanol–water partition coefficient (Wildman–Crippen LogP) is 2.36. The first-order chi connectivity index (χ1) is 13.8. The quantitative estimate of drug-likeness (QED) is 0.666. The zero-order valence-electron chi connectivity index (χ0n) is 16.3. The highest BCUT2D eigenvalue weighted by Crippen LogP contribution is 2.22. The van der Waals surface area contributed by atoms with Gasteiger partial charge in [-0.05, 0) is 24.3 Å². The summed E-state index contributed by atoms with van der Waals surface area (Å²) in [5, 5.41) is 5.71. The number of benzene rings is 1. The molecule has 0 aliphatic carbocycles. The van der Waals surface area contributed by atoms with Crippen LogP contribution < -0.4 is 9.75 Å². The lowest BCUT2D eigenvalue weighted by molar-refractivity contribution is -0.121. The molecule has 1 fully saturated rings. The van der Waals surface area contributed by atoms with Gasteiger partial charge in [-0.25, -0.2) is 4.98 Å². The number of rotatable bonds is 6. The van der Waals surface area contributed by atoms with Gasteiger partial charge in [-0.15, -0.1) is 29.9 Å². The molecule has 10 heteroatoms. The molecule has 2 aromatic rings. The van der Waals surface area contributed by atoms with E-state index in [0.717, 1.165) is 32.8 Å². The van der Waals surface area contributed by atoms with E-state index in [9.17, 15) is 4.79 Å². The van der Waals surface area contributed by atoms with Gasteiger partial charge in [0.25, 0.3) is 11.8 Å². The SMILES string of the molecule is Cl.Cl.O=C1COC(c2ncccc2OCCN2CCOCC2)=NN1c1ccccc1. The van der Waals surface area contributed by atoms with E-state index in [0.29, 0.717) is 23.7 Å². The van der Waals surface area contributed by atoms with Crippen molar-refractivity contribution in [2.75, 3.05) is 51.1 Å². The standard InChI is InChI=1S/C20H22N4O4.2ClH/c25-18-15-28-20(22-24(18)16-5-2-1-3-6-16)19-17(7-4-8-21-19)27-14-11-23-9-12-26-13-10-23;;/h1-8H,9-15H2;2*1H. The summed E-state index contributed by atoms with van der Waals surface area (Å²) in [7, 11) is 0. The number of halogens is 2. The molecule has 2 aliphatic rings. The van der Waals surface area contributed by atoms with Crippen LogP contribution in [-0.2, 0) is 14.3 Å². The molecular weight excluding hydrogens is 431 g/mol. The number of ether oxygens (including phenoxy) is 3. The molecule has 2 aliphatic heterocycles. The zero-order valence-corrected chi connectivity index (χ0v) is 17.9. The molecule has 162 valence electrons. The molecule has 1 amide bonds. The van der Waals surface area contributed by atoms with Gasteiger partial charge in [0.15, 0.2) is 18.1 Å². The first kappa shape index (κ1) is 23.9. The van der Waals surface area contributed by atoms with Crippen LogP contribution in [0.2, 0.25) is 0 Å². The molecule has 0 bridgehead atoms. The van der Waals surface area contributed by atoms with Crippen molar-refractivity contribution in [2.45, 2.75) is 0 Å². The second kappa shape index (κ2) is 11.7. The highest BCUT2D eigenvalue weighted by atomic mass is 35.5. The van der Waals surface area contributed by atoms with Crippen LogP contribution in [0.3, 0.4) is 0 Å². The molecule has 0 radical (unpaired) electrons. The van der Waals surface area contributed by atoms with Crippen molar-refractivity contribution in [3.05, 3.63) is 54.4 Å². The lowest BCUT2D eigenvalue weighted by Gasteiger charge is -2.26. The summed E-state index contributed by atoms with van der Waals surface area (Å²) in [5.74, 6) is 0.614. The van der Waals surface area contributed by atoms with Crippen molar-refractivity contribution in [1.82, 2.24) is 9.88 Å². The molecule has 3 heterocycles. The average molecular weight is 455 g/mol. The highest BCUT2D eigenvalue weighted by Gasteiger charge is 2.26. The summed E-state index contributed by atoms with van der Waals surface area (Å²) >= 11 is 0. The second-order valence-corrected chi connectivity index (χ2v) is 6.39. The van der Waals surface area contributed by atoms with Crippen LogP contribution >= 0.6 is 24.8 Å². The molecule has 1 aromatic carbocycles. The largest absolute Gasteiger partial charge is 0.490 e. The van der Waals surface area contributed by atoms with Crippen molar-refractivity contribution in [3.63, 3.8) is 0 Å². The molecule has 0 saturated carbocycles. The lowest BCUT2D eigenvalue weighted by atomic mass is 10.3. The molecule has 0 unspecified atom stereocenters. The highest BCUT2D eigenvalue weighted by molar-refractivity contribution is 6.04. The summed E-state index contributed by atoms with van der Waals surface area (Å²) in [4.78, 5) is 18.9. The van der Waals surface area contributed by atoms with Gasteiger partial charge >= 0.3 is 0 Å². The molecule has 0 atom stereocenters. The van der Waals surface area contributed by atoms with Crippen LogP contribution in [0, 0.1) is 0 Å². The topological polar surface area (TPSA) is 76.5 Å². The van der Waals surface area contributed by atoms with E-state index in [1.165, 1.54) is 5.01 Å². The van der Waals surface area contributed by atoms with E-state index in [2.05, 4.69) is 15.0 Å². The normalized spacial score (nSPS) is 16.6. The molecule has 0 spiro atoms. The molecule has 30 heavy (non-hydrogen) atoms. The maximum Gasteiger partial charge on any atom is 0.285 e. The summed E-state index contributed by atoms with van der Waals surface area (Å²) in [6.07, 6.45) is 1.65. The minimum atomic E-state index is -0.235. The van der Waals surface area contributed by atoms with Gasteiger partial charge in [0.1, 0.15) is 6.61 Å². The van der Waals surface area contributed by atoms with Gasteiger partial charge in [-0.2, -0.15) is 5.01 Å². The Balaban J connectivity index is 0.00000160. The number of pyridine rings is 1. The van der Waals surface area contributed by atoms with Gasteiger partial charge in [-0.3, -0.25) is 9.69 Å². The van der Waals surface area contributed by atoms with E-state index in [4.69, 9.17) is 14.2 Å². The van der Waals surface area contributed by atoms with Crippen LogP contribution in [0.25, 0.3) is 0 Å². The number of carbonyl (C=O) groups is 1. The van der Waals surface area contributed by atoms with Gasteiger partial charge in [0.2, 0.25) is 0 Å². The Morgan fingerprint density at radius 2 is 1.80 bits per heavy atom. The minimum Gasteiger partial charge on any atom is -0.490 e. The van der Waals surface area contributed by atoms with E-state index in [1.807, 2.05) is 36.4 Å². The Labute approximate surface area is 187 Å². The number of para-hydroxylation sites is 1. The Hall–Kier alpha value is -2.39. The van der Waals surface area contributed by atoms with Gasteiger partial charge in [0, 0.05) is 25.8 Å². The van der Waals surface area contributed by atoms with Crippen LogP contribution in [0.5, 0.6) is 5.75 Å². The number of nitrogens with zero attached hydrogens (tertiary/aromatic N) is 4. The monoisotopic (exact) mass is 454 g/mol. The number of hydrogen-bond acceptors (Lipinski definition) is 7. The molecule has 8 nitrogen and oxygen atoms in total. The molecule has 1 saturated heterocycles. The second-order valence-electron chi connectivity index (χ2n) is 6.39. The van der Waals surface area contributed by atoms with Crippen molar-refractivity contribution in [2.24, 2.45) is 5.10 Å². The van der Waals surface area contributed by atoms with E-state index < -0.39 is 0 Å².